The van der Waals surface area contributed by atoms with Crippen LogP contribution in [0, 0.1) is 5.92 Å². The molecule has 0 aromatic rings. The molecule has 13 heteroatoms. The largest absolute Gasteiger partial charge is 0.511 e. The van der Waals surface area contributed by atoms with E-state index in [-0.39, 0.29) is 31.5 Å². The molecule has 0 unspecified atom stereocenters. The van der Waals surface area contributed by atoms with Gasteiger partial charge in [-0.15, -0.1) is 0 Å². The fourth-order valence-electron chi connectivity index (χ4n) is 2.48. The predicted molar refractivity (Wildman–Crippen MR) is 98.1 cm³/mol. The Bertz CT molecular complexity index is 632. The molecule has 0 aliphatic carbocycles. The molecule has 0 aromatic heterocycles. The number of carbonyl (C=O) groups is 1. The van der Waals surface area contributed by atoms with Crippen LogP contribution in [0.2, 0.25) is 0 Å². The van der Waals surface area contributed by atoms with Crippen molar-refractivity contribution in [1.82, 2.24) is 19.8 Å². The molecule has 2 N–H and O–H groups in total. The number of carbonyl (C=O) groups excluding carboxylic acids is 1. The molecule has 1 heterocycles. The summed E-state index contributed by atoms with van der Waals surface area (Å²) in [4.78, 5) is 17.3. The van der Waals surface area contributed by atoms with E-state index in [0.29, 0.717) is 42.8 Å². The summed E-state index contributed by atoms with van der Waals surface area (Å²) in [6.07, 6.45) is 0.592. The van der Waals surface area contributed by atoms with Crippen molar-refractivity contribution in [2.75, 3.05) is 60.5 Å². The minimum atomic E-state index is -5.28. The number of hydrogen-bond acceptors (Lipinski definition) is 5. The first-order valence-electron chi connectivity index (χ1n) is 8.76. The summed E-state index contributed by atoms with van der Waals surface area (Å²) < 4.78 is 66.2. The van der Waals surface area contributed by atoms with Crippen LogP contribution in [0.5, 0.6) is 0 Å². The van der Waals surface area contributed by atoms with Crippen molar-refractivity contribution in [2.45, 2.75) is 18.3 Å². The van der Waals surface area contributed by atoms with Gasteiger partial charge in [-0.2, -0.15) is 17.5 Å². The molecule has 1 rings (SSSR count). The summed E-state index contributed by atoms with van der Waals surface area (Å²) in [6, 6.07) is 0. The Labute approximate surface area is 163 Å². The number of aliphatic imine (C=N–C) groups is 1. The van der Waals surface area contributed by atoms with Crippen molar-refractivity contribution in [1.29, 1.82) is 0 Å². The topological polar surface area (TPSA) is 103 Å². The normalized spacial score (nSPS) is 17.4. The van der Waals surface area contributed by atoms with Crippen LogP contribution in [-0.2, 0) is 19.6 Å². The number of piperidine rings is 1. The lowest BCUT2D eigenvalue weighted by atomic mass is 9.98. The van der Waals surface area contributed by atoms with Crippen LogP contribution in [0.15, 0.2) is 4.99 Å². The monoisotopic (exact) mass is 431 g/mol. The summed E-state index contributed by atoms with van der Waals surface area (Å²) in [6.45, 7) is 0.858. The Kier molecular flexibility index (Phi) is 9.44. The maximum Gasteiger partial charge on any atom is 0.511 e. The standard InChI is InChI=1S/C15H28F3N5O4S/c1-22(2)13(24)11-21-14(19-6-9-27-3)20-10-12-4-7-23(8-5-12)28(25,26)15(16,17)18/h12H,4-11H2,1-3H3,(H2,19,20,21). The minimum Gasteiger partial charge on any atom is -0.383 e. The lowest BCUT2D eigenvalue weighted by Gasteiger charge is -2.31. The van der Waals surface area contributed by atoms with Crippen molar-refractivity contribution in [2.24, 2.45) is 10.9 Å². The molecule has 1 saturated heterocycles. The molecule has 0 bridgehead atoms. The van der Waals surface area contributed by atoms with E-state index in [2.05, 4.69) is 15.6 Å². The number of amides is 1. The molecular weight excluding hydrogens is 403 g/mol. The van der Waals surface area contributed by atoms with Gasteiger partial charge in [-0.05, 0) is 18.8 Å². The van der Waals surface area contributed by atoms with Crippen LogP contribution in [-0.4, -0.2) is 95.5 Å². The minimum absolute atomic E-state index is 0.0151. The van der Waals surface area contributed by atoms with Crippen molar-refractivity contribution >= 4 is 21.9 Å². The first-order chi connectivity index (χ1) is 13.0. The van der Waals surface area contributed by atoms with Gasteiger partial charge in [0, 0.05) is 47.4 Å². The molecule has 28 heavy (non-hydrogen) atoms. The van der Waals surface area contributed by atoms with E-state index in [1.165, 1.54) is 4.90 Å². The van der Waals surface area contributed by atoms with Gasteiger partial charge in [0.05, 0.1) is 6.61 Å². The third kappa shape index (κ3) is 7.43. The third-order valence-corrected chi connectivity index (χ3v) is 5.86. The van der Waals surface area contributed by atoms with Gasteiger partial charge in [-0.25, -0.2) is 13.4 Å². The lowest BCUT2D eigenvalue weighted by Crippen LogP contribution is -2.47. The molecule has 0 aromatic carbocycles. The molecule has 1 aliphatic heterocycles. The second kappa shape index (κ2) is 10.8. The average Bonchev–Trinajstić information content (AvgIpc) is 2.62. The number of rotatable bonds is 8. The highest BCUT2D eigenvalue weighted by molar-refractivity contribution is 7.90. The summed E-state index contributed by atoms with van der Waals surface area (Å²) in [7, 11) is -0.494. The van der Waals surface area contributed by atoms with E-state index in [1.807, 2.05) is 0 Å². The molecule has 1 fully saturated rings. The van der Waals surface area contributed by atoms with Crippen LogP contribution in [0.4, 0.5) is 13.2 Å². The molecule has 0 atom stereocenters. The zero-order chi connectivity index (χ0) is 21.4. The molecule has 0 radical (unpaired) electrons. The van der Waals surface area contributed by atoms with Crippen LogP contribution in [0.3, 0.4) is 0 Å². The smallest absolute Gasteiger partial charge is 0.383 e. The van der Waals surface area contributed by atoms with Crippen molar-refractivity contribution in [3.8, 4) is 0 Å². The van der Waals surface area contributed by atoms with Crippen LogP contribution in [0.25, 0.3) is 0 Å². The van der Waals surface area contributed by atoms with Gasteiger partial charge in [-0.3, -0.25) is 4.79 Å². The SMILES string of the molecule is COCCNC(=NCC(=O)N(C)C)NCC1CCN(S(=O)(=O)C(F)(F)F)CC1. The maximum absolute atomic E-state index is 12.6. The Balaban J connectivity index is 2.57. The summed E-state index contributed by atoms with van der Waals surface area (Å²) >= 11 is 0. The van der Waals surface area contributed by atoms with Crippen molar-refractivity contribution in [3.63, 3.8) is 0 Å². The Morgan fingerprint density at radius 3 is 2.36 bits per heavy atom. The fraction of sp³-hybridized carbons (Fsp3) is 0.867. The van der Waals surface area contributed by atoms with E-state index in [4.69, 9.17) is 4.74 Å². The second-order valence-corrected chi connectivity index (χ2v) is 8.48. The molecule has 164 valence electrons. The maximum atomic E-state index is 12.6. The summed E-state index contributed by atoms with van der Waals surface area (Å²) in [5, 5.41) is 6.04. The van der Waals surface area contributed by atoms with Gasteiger partial charge in [-0.1, -0.05) is 0 Å². The van der Waals surface area contributed by atoms with Gasteiger partial charge < -0.3 is 20.3 Å². The molecule has 0 spiro atoms. The number of halogens is 3. The molecule has 1 aliphatic rings. The Morgan fingerprint density at radius 1 is 1.25 bits per heavy atom. The molecule has 0 saturated carbocycles. The molecule has 1 amide bonds. The average molecular weight is 431 g/mol. The van der Waals surface area contributed by atoms with Gasteiger partial charge in [0.15, 0.2) is 5.96 Å². The summed E-state index contributed by atoms with van der Waals surface area (Å²) in [5.74, 6) is 0.190. The van der Waals surface area contributed by atoms with Gasteiger partial charge in [0.25, 0.3) is 0 Å². The number of alkyl halides is 3. The quantitative estimate of drug-likeness (QED) is 0.314. The zero-order valence-corrected chi connectivity index (χ0v) is 17.1. The van der Waals surface area contributed by atoms with Crippen LogP contribution >= 0.6 is 0 Å². The Hall–Kier alpha value is -1.60. The fourth-order valence-corrected chi connectivity index (χ4v) is 3.46. The number of hydrogen-bond donors (Lipinski definition) is 2. The Morgan fingerprint density at radius 2 is 1.86 bits per heavy atom. The van der Waals surface area contributed by atoms with Gasteiger partial charge in [0.2, 0.25) is 5.91 Å². The lowest BCUT2D eigenvalue weighted by molar-refractivity contribution is -0.127. The number of ether oxygens (including phenoxy) is 1. The van der Waals surface area contributed by atoms with Crippen molar-refractivity contribution in [3.05, 3.63) is 0 Å². The zero-order valence-electron chi connectivity index (χ0n) is 16.3. The third-order valence-electron chi connectivity index (χ3n) is 4.23. The highest BCUT2D eigenvalue weighted by Crippen LogP contribution is 2.30. The predicted octanol–water partition coefficient (Wildman–Crippen LogP) is -0.182. The van der Waals surface area contributed by atoms with E-state index < -0.39 is 15.5 Å². The van der Waals surface area contributed by atoms with Crippen molar-refractivity contribution < 1.29 is 31.1 Å². The van der Waals surface area contributed by atoms with E-state index in [9.17, 15) is 26.4 Å². The highest BCUT2D eigenvalue weighted by Gasteiger charge is 2.50. The first kappa shape index (κ1) is 24.4. The summed E-state index contributed by atoms with van der Waals surface area (Å²) in [5.41, 5.74) is -5.28. The van der Waals surface area contributed by atoms with Gasteiger partial charge in [0.1, 0.15) is 6.54 Å². The number of nitrogens with zero attached hydrogens (tertiary/aromatic N) is 3. The molecule has 9 nitrogen and oxygen atoms in total. The molecular formula is C15H28F3N5O4S. The van der Waals surface area contributed by atoms with E-state index >= 15 is 0 Å². The first-order valence-corrected chi connectivity index (χ1v) is 10.2. The number of methoxy groups -OCH3 is 1. The van der Waals surface area contributed by atoms with Crippen LogP contribution in [0.1, 0.15) is 12.8 Å². The second-order valence-electron chi connectivity index (χ2n) is 6.55. The van der Waals surface area contributed by atoms with E-state index in [1.54, 1.807) is 21.2 Å². The number of sulfonamides is 1. The number of guanidine groups is 1. The highest BCUT2D eigenvalue weighted by atomic mass is 32.2. The van der Waals surface area contributed by atoms with Gasteiger partial charge >= 0.3 is 15.5 Å². The number of nitrogens with one attached hydrogen (secondary N) is 2. The van der Waals surface area contributed by atoms with E-state index in [0.717, 1.165) is 0 Å². The van der Waals surface area contributed by atoms with Crippen LogP contribution < -0.4 is 10.6 Å². The number of likely N-dealkylation sites (N-methyl/N-ethyl adjacent to an activating group) is 1.